The third kappa shape index (κ3) is 2.93. The normalized spacial score (nSPS) is 29.8. The highest BCUT2D eigenvalue weighted by Gasteiger charge is 2.38. The molecule has 2 rings (SSSR count). The summed E-state index contributed by atoms with van der Waals surface area (Å²) in [5.74, 6) is -0.844. The Kier molecular flexibility index (Phi) is 3.75. The van der Waals surface area contributed by atoms with Gasteiger partial charge >= 0.3 is 12.0 Å². The van der Waals surface area contributed by atoms with Crippen LogP contribution in [0.4, 0.5) is 4.79 Å². The third-order valence-corrected chi connectivity index (χ3v) is 3.79. The van der Waals surface area contributed by atoms with Crippen molar-refractivity contribution in [3.63, 3.8) is 0 Å². The number of hydrogen-bond donors (Lipinski definition) is 3. The molecule has 6 heteroatoms. The summed E-state index contributed by atoms with van der Waals surface area (Å²) in [6.45, 7) is 2.85. The van der Waals surface area contributed by atoms with E-state index in [0.29, 0.717) is 19.5 Å². The number of amides is 2. The van der Waals surface area contributed by atoms with Crippen LogP contribution in [0.25, 0.3) is 0 Å². The molecular weight excluding hydrogens is 236 g/mol. The van der Waals surface area contributed by atoms with Crippen molar-refractivity contribution < 1.29 is 19.8 Å². The van der Waals surface area contributed by atoms with Crippen molar-refractivity contribution in [1.29, 1.82) is 0 Å². The summed E-state index contributed by atoms with van der Waals surface area (Å²) in [6, 6.07) is -1.09. The van der Waals surface area contributed by atoms with Crippen molar-refractivity contribution >= 4 is 12.0 Å². The molecule has 0 bridgehead atoms. The molecule has 0 aromatic heterocycles. The second kappa shape index (κ2) is 5.14. The zero-order valence-electron chi connectivity index (χ0n) is 10.5. The number of aliphatic hydroxyl groups excluding tert-OH is 1. The van der Waals surface area contributed by atoms with Crippen LogP contribution in [-0.4, -0.2) is 52.3 Å². The quantitative estimate of drug-likeness (QED) is 0.675. The maximum absolute atomic E-state index is 12.0. The molecule has 1 heterocycles. The average molecular weight is 256 g/mol. The molecule has 1 aliphatic heterocycles. The van der Waals surface area contributed by atoms with E-state index in [2.05, 4.69) is 5.32 Å². The zero-order valence-corrected chi connectivity index (χ0v) is 10.5. The highest BCUT2D eigenvalue weighted by Crippen LogP contribution is 2.32. The maximum Gasteiger partial charge on any atom is 0.326 e. The van der Waals surface area contributed by atoms with Gasteiger partial charge in [0.25, 0.3) is 0 Å². The minimum Gasteiger partial charge on any atom is -0.480 e. The lowest BCUT2D eigenvalue weighted by Crippen LogP contribution is -2.53. The van der Waals surface area contributed by atoms with E-state index in [1.807, 2.05) is 6.92 Å². The Hall–Kier alpha value is -1.30. The third-order valence-electron chi connectivity index (χ3n) is 3.79. The highest BCUT2D eigenvalue weighted by molar-refractivity contribution is 5.83. The molecule has 3 atom stereocenters. The first-order valence-corrected chi connectivity index (χ1v) is 6.45. The van der Waals surface area contributed by atoms with Gasteiger partial charge in [0.2, 0.25) is 0 Å². The van der Waals surface area contributed by atoms with E-state index in [-0.39, 0.29) is 24.0 Å². The molecule has 2 fully saturated rings. The smallest absolute Gasteiger partial charge is 0.326 e. The topological polar surface area (TPSA) is 89.9 Å². The SMILES string of the molecule is CC1CN(C(=O)NC(C(=O)O)C2CC2)CCC1O. The van der Waals surface area contributed by atoms with Crippen LogP contribution in [0, 0.1) is 11.8 Å². The minimum absolute atomic E-state index is 0.0358. The number of aliphatic hydroxyl groups is 1. The summed E-state index contributed by atoms with van der Waals surface area (Å²) < 4.78 is 0. The Morgan fingerprint density at radius 2 is 2.00 bits per heavy atom. The number of nitrogens with zero attached hydrogens (tertiary/aromatic N) is 1. The lowest BCUT2D eigenvalue weighted by atomic mass is 9.97. The van der Waals surface area contributed by atoms with Crippen molar-refractivity contribution in [2.45, 2.75) is 38.3 Å². The number of piperidine rings is 1. The molecule has 3 unspecified atom stereocenters. The van der Waals surface area contributed by atoms with Crippen molar-refractivity contribution in [3.05, 3.63) is 0 Å². The van der Waals surface area contributed by atoms with Gasteiger partial charge in [0, 0.05) is 13.1 Å². The second-order valence-electron chi connectivity index (χ2n) is 5.38. The van der Waals surface area contributed by atoms with Crippen molar-refractivity contribution in [1.82, 2.24) is 10.2 Å². The largest absolute Gasteiger partial charge is 0.480 e. The molecule has 0 radical (unpaired) electrons. The second-order valence-corrected chi connectivity index (χ2v) is 5.38. The van der Waals surface area contributed by atoms with Crippen molar-refractivity contribution in [2.75, 3.05) is 13.1 Å². The van der Waals surface area contributed by atoms with Gasteiger partial charge in [-0.15, -0.1) is 0 Å². The van der Waals surface area contributed by atoms with Gasteiger partial charge in [-0.05, 0) is 31.1 Å². The first-order valence-electron chi connectivity index (χ1n) is 6.45. The summed E-state index contributed by atoms with van der Waals surface area (Å²) in [4.78, 5) is 24.6. The number of likely N-dealkylation sites (tertiary alicyclic amines) is 1. The molecule has 18 heavy (non-hydrogen) atoms. The number of carboxylic acids is 1. The number of aliphatic carboxylic acids is 1. The van der Waals surface area contributed by atoms with Crippen molar-refractivity contribution in [3.8, 4) is 0 Å². The van der Waals surface area contributed by atoms with Gasteiger partial charge in [-0.3, -0.25) is 0 Å². The van der Waals surface area contributed by atoms with Gasteiger partial charge < -0.3 is 20.4 Å². The van der Waals surface area contributed by atoms with Crippen LogP contribution in [0.1, 0.15) is 26.2 Å². The fourth-order valence-electron chi connectivity index (χ4n) is 2.35. The van der Waals surface area contributed by atoms with E-state index in [9.17, 15) is 14.7 Å². The number of carbonyl (C=O) groups excluding carboxylic acids is 1. The van der Waals surface area contributed by atoms with Crippen LogP contribution < -0.4 is 5.32 Å². The number of carboxylic acid groups (broad SMARTS) is 1. The minimum atomic E-state index is -0.962. The monoisotopic (exact) mass is 256 g/mol. The molecular formula is C12H20N2O4. The van der Waals surface area contributed by atoms with Gasteiger partial charge in [0.05, 0.1) is 6.10 Å². The molecule has 102 valence electrons. The van der Waals surface area contributed by atoms with E-state index in [4.69, 9.17) is 5.11 Å². The zero-order chi connectivity index (χ0) is 13.3. The first-order chi connectivity index (χ1) is 8.49. The van der Waals surface area contributed by atoms with E-state index in [1.165, 1.54) is 0 Å². The molecule has 0 spiro atoms. The lowest BCUT2D eigenvalue weighted by Gasteiger charge is -2.35. The molecule has 2 aliphatic rings. The summed E-state index contributed by atoms with van der Waals surface area (Å²) >= 11 is 0. The molecule has 1 saturated heterocycles. The maximum atomic E-state index is 12.0. The number of hydrogen-bond acceptors (Lipinski definition) is 3. The van der Waals surface area contributed by atoms with Gasteiger partial charge in [-0.1, -0.05) is 6.92 Å². The number of urea groups is 1. The van der Waals surface area contributed by atoms with Gasteiger partial charge in [0.1, 0.15) is 6.04 Å². The summed E-state index contributed by atoms with van der Waals surface area (Å²) in [6.07, 6.45) is 1.92. The van der Waals surface area contributed by atoms with E-state index in [1.54, 1.807) is 4.90 Å². The molecule has 2 amide bonds. The first kappa shape index (κ1) is 13.1. The molecule has 1 saturated carbocycles. The van der Waals surface area contributed by atoms with Crippen LogP contribution in [0.3, 0.4) is 0 Å². The average Bonchev–Trinajstić information content (AvgIpc) is 3.13. The highest BCUT2D eigenvalue weighted by atomic mass is 16.4. The van der Waals surface area contributed by atoms with Crippen LogP contribution in [0.2, 0.25) is 0 Å². The number of carbonyl (C=O) groups is 2. The Bertz CT molecular complexity index is 343. The predicted molar refractivity (Wildman–Crippen MR) is 64.0 cm³/mol. The number of nitrogens with one attached hydrogen (secondary N) is 1. The van der Waals surface area contributed by atoms with Gasteiger partial charge in [-0.25, -0.2) is 9.59 Å². The fourth-order valence-corrected chi connectivity index (χ4v) is 2.35. The Labute approximate surface area is 106 Å². The molecule has 3 N–H and O–H groups in total. The Balaban J connectivity index is 1.89. The van der Waals surface area contributed by atoms with Crippen LogP contribution in [0.5, 0.6) is 0 Å². The van der Waals surface area contributed by atoms with Gasteiger partial charge in [0.15, 0.2) is 0 Å². The standard InChI is InChI=1S/C12H20N2O4/c1-7-6-14(5-4-9(7)15)12(18)13-10(11(16)17)8-2-3-8/h7-10,15H,2-6H2,1H3,(H,13,18)(H,16,17). The number of rotatable bonds is 3. The summed E-state index contributed by atoms with van der Waals surface area (Å²) in [5.41, 5.74) is 0. The van der Waals surface area contributed by atoms with Crippen LogP contribution in [0.15, 0.2) is 0 Å². The van der Waals surface area contributed by atoms with Crippen LogP contribution >= 0.6 is 0 Å². The molecule has 0 aromatic carbocycles. The lowest BCUT2D eigenvalue weighted by molar-refractivity contribution is -0.139. The molecule has 1 aliphatic carbocycles. The Morgan fingerprint density at radius 1 is 1.33 bits per heavy atom. The summed E-state index contributed by atoms with van der Waals surface area (Å²) in [7, 11) is 0. The van der Waals surface area contributed by atoms with Gasteiger partial charge in [-0.2, -0.15) is 0 Å². The van der Waals surface area contributed by atoms with E-state index >= 15 is 0 Å². The Morgan fingerprint density at radius 3 is 2.50 bits per heavy atom. The fraction of sp³-hybridized carbons (Fsp3) is 0.833. The molecule has 6 nitrogen and oxygen atoms in total. The predicted octanol–water partition coefficient (Wildman–Crippen LogP) is 0.262. The van der Waals surface area contributed by atoms with E-state index < -0.39 is 12.0 Å². The molecule has 0 aromatic rings. The van der Waals surface area contributed by atoms with Crippen LogP contribution in [-0.2, 0) is 4.79 Å². The van der Waals surface area contributed by atoms with E-state index in [0.717, 1.165) is 12.8 Å². The van der Waals surface area contributed by atoms with Crippen molar-refractivity contribution in [2.24, 2.45) is 11.8 Å². The summed E-state index contributed by atoms with van der Waals surface area (Å²) in [5, 5.41) is 21.2.